The van der Waals surface area contributed by atoms with E-state index in [1.54, 1.807) is 0 Å². The molecule has 20 heavy (non-hydrogen) atoms. The summed E-state index contributed by atoms with van der Waals surface area (Å²) in [6.07, 6.45) is 4.93. The fraction of sp³-hybridized carbons (Fsp3) is 0.867. The van der Waals surface area contributed by atoms with E-state index in [2.05, 4.69) is 36.2 Å². The minimum absolute atomic E-state index is 0.0295. The van der Waals surface area contributed by atoms with Crippen LogP contribution >= 0.6 is 0 Å². The molecule has 5 nitrogen and oxygen atoms in total. The lowest BCUT2D eigenvalue weighted by molar-refractivity contribution is 0.0477. The maximum atomic E-state index is 5.66. The van der Waals surface area contributed by atoms with Gasteiger partial charge in [0.15, 0.2) is 0 Å². The standard InChI is InChI=1S/C15H29N3O2/c1-5-8-13(19-7-3)15-17-14(20-18-15)10-9-12(4)16-11-6-2/h12-13,16H,5-11H2,1-4H3. The normalized spacial score (nSPS) is 14.4. The van der Waals surface area contributed by atoms with Crippen LogP contribution in [0.4, 0.5) is 0 Å². The van der Waals surface area contributed by atoms with Crippen LogP contribution in [0.25, 0.3) is 0 Å². The van der Waals surface area contributed by atoms with Gasteiger partial charge >= 0.3 is 0 Å². The summed E-state index contributed by atoms with van der Waals surface area (Å²) in [6.45, 7) is 10.2. The summed E-state index contributed by atoms with van der Waals surface area (Å²) in [5.41, 5.74) is 0. The van der Waals surface area contributed by atoms with Crippen molar-refractivity contribution in [2.45, 2.75) is 71.9 Å². The molecule has 1 N–H and O–H groups in total. The average Bonchev–Trinajstić information content (AvgIpc) is 2.91. The number of nitrogens with one attached hydrogen (secondary N) is 1. The highest BCUT2D eigenvalue weighted by Crippen LogP contribution is 2.20. The van der Waals surface area contributed by atoms with Crippen LogP contribution in [0.5, 0.6) is 0 Å². The zero-order valence-electron chi connectivity index (χ0n) is 13.3. The molecule has 0 radical (unpaired) electrons. The first-order valence-corrected chi connectivity index (χ1v) is 7.88. The lowest BCUT2D eigenvalue weighted by Crippen LogP contribution is -2.27. The Morgan fingerprint density at radius 3 is 2.65 bits per heavy atom. The molecule has 0 saturated carbocycles. The molecule has 0 aliphatic heterocycles. The molecule has 0 amide bonds. The molecule has 0 aliphatic rings. The van der Waals surface area contributed by atoms with Crippen molar-refractivity contribution in [1.82, 2.24) is 15.5 Å². The van der Waals surface area contributed by atoms with E-state index in [1.807, 2.05) is 6.92 Å². The Morgan fingerprint density at radius 1 is 1.20 bits per heavy atom. The first-order valence-electron chi connectivity index (χ1n) is 7.88. The fourth-order valence-corrected chi connectivity index (χ4v) is 2.08. The summed E-state index contributed by atoms with van der Waals surface area (Å²) in [7, 11) is 0. The van der Waals surface area contributed by atoms with Crippen molar-refractivity contribution in [3.8, 4) is 0 Å². The second-order valence-corrected chi connectivity index (χ2v) is 5.17. The van der Waals surface area contributed by atoms with Crippen molar-refractivity contribution < 1.29 is 9.26 Å². The summed E-state index contributed by atoms with van der Waals surface area (Å²) in [5.74, 6) is 1.41. The molecule has 1 heterocycles. The van der Waals surface area contributed by atoms with Gasteiger partial charge in [0.25, 0.3) is 0 Å². The molecule has 0 saturated heterocycles. The van der Waals surface area contributed by atoms with Crippen LogP contribution in [0.1, 0.15) is 71.2 Å². The zero-order chi connectivity index (χ0) is 14.8. The molecule has 1 aromatic rings. The fourth-order valence-electron chi connectivity index (χ4n) is 2.08. The van der Waals surface area contributed by atoms with Crippen LogP contribution in [0.15, 0.2) is 4.52 Å². The minimum atomic E-state index is -0.0295. The van der Waals surface area contributed by atoms with Crippen molar-refractivity contribution in [2.24, 2.45) is 0 Å². The molecule has 2 unspecified atom stereocenters. The summed E-state index contributed by atoms with van der Waals surface area (Å²) in [5, 5.41) is 7.52. The van der Waals surface area contributed by atoms with E-state index < -0.39 is 0 Å². The maximum Gasteiger partial charge on any atom is 0.226 e. The first-order chi connectivity index (χ1) is 9.71. The molecule has 0 spiro atoms. The SMILES string of the molecule is CCCNC(C)CCc1nc(C(CCC)OCC)no1. The highest BCUT2D eigenvalue weighted by atomic mass is 16.5. The van der Waals surface area contributed by atoms with Gasteiger partial charge in [-0.15, -0.1) is 0 Å². The second kappa shape index (κ2) is 9.88. The highest BCUT2D eigenvalue weighted by molar-refractivity contribution is 4.92. The van der Waals surface area contributed by atoms with E-state index in [0.29, 0.717) is 24.4 Å². The molecule has 116 valence electrons. The predicted molar refractivity (Wildman–Crippen MR) is 79.6 cm³/mol. The Labute approximate surface area is 122 Å². The van der Waals surface area contributed by atoms with Gasteiger partial charge < -0.3 is 14.6 Å². The molecule has 2 atom stereocenters. The van der Waals surface area contributed by atoms with Crippen LogP contribution in [-0.2, 0) is 11.2 Å². The molecule has 0 aliphatic carbocycles. The van der Waals surface area contributed by atoms with Crippen molar-refractivity contribution in [2.75, 3.05) is 13.2 Å². The van der Waals surface area contributed by atoms with E-state index in [9.17, 15) is 0 Å². The monoisotopic (exact) mass is 283 g/mol. The van der Waals surface area contributed by atoms with Gasteiger partial charge in [-0.25, -0.2) is 0 Å². The van der Waals surface area contributed by atoms with Gasteiger partial charge in [0.05, 0.1) is 0 Å². The smallest absolute Gasteiger partial charge is 0.226 e. The topological polar surface area (TPSA) is 60.2 Å². The van der Waals surface area contributed by atoms with Gasteiger partial charge in [-0.05, 0) is 39.7 Å². The molecule has 0 aromatic carbocycles. The van der Waals surface area contributed by atoms with Crippen molar-refractivity contribution in [3.05, 3.63) is 11.7 Å². The number of hydrogen-bond donors (Lipinski definition) is 1. The largest absolute Gasteiger partial charge is 0.370 e. The predicted octanol–water partition coefficient (Wildman–Crippen LogP) is 3.27. The minimum Gasteiger partial charge on any atom is -0.370 e. The molecule has 1 rings (SSSR count). The van der Waals surface area contributed by atoms with Crippen molar-refractivity contribution in [1.29, 1.82) is 0 Å². The van der Waals surface area contributed by atoms with E-state index in [4.69, 9.17) is 9.26 Å². The number of hydrogen-bond acceptors (Lipinski definition) is 5. The molecular weight excluding hydrogens is 254 g/mol. The van der Waals surface area contributed by atoms with Crippen molar-refractivity contribution >= 4 is 0 Å². The molecule has 5 heteroatoms. The van der Waals surface area contributed by atoms with Crippen LogP contribution in [0, 0.1) is 0 Å². The Balaban J connectivity index is 2.45. The van der Waals surface area contributed by atoms with Gasteiger partial charge in [-0.2, -0.15) is 4.98 Å². The average molecular weight is 283 g/mol. The molecular formula is C15H29N3O2. The molecule has 0 bridgehead atoms. The number of ether oxygens (including phenoxy) is 1. The van der Waals surface area contributed by atoms with Gasteiger partial charge in [-0.1, -0.05) is 25.4 Å². The molecule has 0 fully saturated rings. The van der Waals surface area contributed by atoms with Crippen LogP contribution in [0.2, 0.25) is 0 Å². The van der Waals surface area contributed by atoms with Gasteiger partial charge in [0.1, 0.15) is 6.10 Å². The Morgan fingerprint density at radius 2 is 2.00 bits per heavy atom. The van der Waals surface area contributed by atoms with E-state index in [-0.39, 0.29) is 6.10 Å². The van der Waals surface area contributed by atoms with E-state index in [0.717, 1.165) is 38.6 Å². The van der Waals surface area contributed by atoms with Crippen molar-refractivity contribution in [3.63, 3.8) is 0 Å². The summed E-state index contributed by atoms with van der Waals surface area (Å²) >= 11 is 0. The van der Waals surface area contributed by atoms with Crippen LogP contribution < -0.4 is 5.32 Å². The van der Waals surface area contributed by atoms with Gasteiger partial charge in [-0.3, -0.25) is 0 Å². The van der Waals surface area contributed by atoms with E-state index >= 15 is 0 Å². The third-order valence-electron chi connectivity index (χ3n) is 3.22. The maximum absolute atomic E-state index is 5.66. The molecule has 1 aromatic heterocycles. The van der Waals surface area contributed by atoms with Crippen LogP contribution in [-0.4, -0.2) is 29.3 Å². The number of aryl methyl sites for hydroxylation is 1. The first kappa shape index (κ1) is 17.1. The zero-order valence-corrected chi connectivity index (χ0v) is 13.3. The Bertz CT molecular complexity index is 349. The number of nitrogens with zero attached hydrogens (tertiary/aromatic N) is 2. The third-order valence-corrected chi connectivity index (χ3v) is 3.22. The van der Waals surface area contributed by atoms with Gasteiger partial charge in [0.2, 0.25) is 11.7 Å². The summed E-state index contributed by atoms with van der Waals surface area (Å²) in [6, 6.07) is 0.476. The second-order valence-electron chi connectivity index (χ2n) is 5.17. The van der Waals surface area contributed by atoms with Crippen LogP contribution in [0.3, 0.4) is 0 Å². The Kier molecular flexibility index (Phi) is 8.46. The van der Waals surface area contributed by atoms with Gasteiger partial charge in [0, 0.05) is 19.1 Å². The lowest BCUT2D eigenvalue weighted by Gasteiger charge is -2.11. The number of rotatable bonds is 11. The van der Waals surface area contributed by atoms with E-state index in [1.165, 1.54) is 0 Å². The quantitative estimate of drug-likeness (QED) is 0.675. The number of aromatic nitrogens is 2. The summed E-state index contributed by atoms with van der Waals surface area (Å²) in [4.78, 5) is 4.47. The summed E-state index contributed by atoms with van der Waals surface area (Å²) < 4.78 is 11.0. The Hall–Kier alpha value is -0.940. The third kappa shape index (κ3) is 6.01. The highest BCUT2D eigenvalue weighted by Gasteiger charge is 2.18. The lowest BCUT2D eigenvalue weighted by atomic mass is 10.1.